The molecule has 1 saturated heterocycles. The fourth-order valence-corrected chi connectivity index (χ4v) is 2.83. The lowest BCUT2D eigenvalue weighted by molar-refractivity contribution is 0.0573. The molecule has 2 rings (SSSR count). The van der Waals surface area contributed by atoms with Crippen LogP contribution in [-0.2, 0) is 0 Å². The summed E-state index contributed by atoms with van der Waals surface area (Å²) in [6.07, 6.45) is 2.07. The number of hydrogen-bond acceptors (Lipinski definition) is 3. The van der Waals surface area contributed by atoms with Crippen LogP contribution >= 0.6 is 0 Å². The van der Waals surface area contributed by atoms with E-state index in [9.17, 15) is 4.79 Å². The predicted molar refractivity (Wildman–Crippen MR) is 83.0 cm³/mol. The fraction of sp³-hybridized carbons (Fsp3) is 0.562. The van der Waals surface area contributed by atoms with Gasteiger partial charge in [0, 0.05) is 44.5 Å². The minimum atomic E-state index is 0.107. The van der Waals surface area contributed by atoms with Crippen LogP contribution in [0.25, 0.3) is 0 Å². The van der Waals surface area contributed by atoms with Gasteiger partial charge in [-0.3, -0.25) is 4.79 Å². The molecule has 1 aliphatic heterocycles. The largest absolute Gasteiger partial charge is 0.378 e. The molecule has 1 fully saturated rings. The molecule has 0 aromatic heterocycles. The van der Waals surface area contributed by atoms with E-state index in [-0.39, 0.29) is 11.9 Å². The Morgan fingerprint density at radius 3 is 2.85 bits per heavy atom. The molecule has 2 unspecified atom stereocenters. The van der Waals surface area contributed by atoms with Crippen molar-refractivity contribution in [1.29, 1.82) is 0 Å². The Morgan fingerprint density at radius 2 is 2.20 bits per heavy atom. The van der Waals surface area contributed by atoms with Crippen LogP contribution in [0.3, 0.4) is 0 Å². The van der Waals surface area contributed by atoms with Crippen LogP contribution in [0.2, 0.25) is 0 Å². The number of carbonyl (C=O) groups is 1. The highest BCUT2D eigenvalue weighted by atomic mass is 16.2. The molecule has 1 aromatic carbocycles. The molecule has 4 nitrogen and oxygen atoms in total. The third-order valence-electron chi connectivity index (χ3n) is 4.12. The molecule has 0 saturated carbocycles. The number of hydrogen-bond donors (Lipinski definition) is 1. The van der Waals surface area contributed by atoms with E-state index >= 15 is 0 Å². The Hall–Kier alpha value is -1.55. The molecule has 2 N–H and O–H groups in total. The van der Waals surface area contributed by atoms with Crippen molar-refractivity contribution in [1.82, 2.24) is 4.90 Å². The predicted octanol–water partition coefficient (Wildman–Crippen LogP) is 1.95. The van der Waals surface area contributed by atoms with E-state index in [4.69, 9.17) is 5.73 Å². The van der Waals surface area contributed by atoms with Gasteiger partial charge in [-0.2, -0.15) is 0 Å². The molecule has 0 bridgehead atoms. The number of nitrogens with two attached hydrogens (primary N) is 1. The van der Waals surface area contributed by atoms with Gasteiger partial charge in [0.25, 0.3) is 5.91 Å². The Labute approximate surface area is 121 Å². The smallest absolute Gasteiger partial charge is 0.254 e. The van der Waals surface area contributed by atoms with Crippen LogP contribution in [0.4, 0.5) is 5.69 Å². The first-order valence-electron chi connectivity index (χ1n) is 7.31. The first kappa shape index (κ1) is 14.9. The molecule has 1 aliphatic rings. The van der Waals surface area contributed by atoms with Crippen LogP contribution < -0.4 is 10.6 Å². The van der Waals surface area contributed by atoms with Crippen LogP contribution in [0.5, 0.6) is 0 Å². The van der Waals surface area contributed by atoms with E-state index in [0.29, 0.717) is 12.5 Å². The number of rotatable bonds is 3. The Balaban J connectivity index is 2.19. The lowest BCUT2D eigenvalue weighted by Gasteiger charge is -2.38. The zero-order valence-corrected chi connectivity index (χ0v) is 12.7. The first-order chi connectivity index (χ1) is 9.52. The molecule has 1 amide bonds. The zero-order valence-electron chi connectivity index (χ0n) is 12.7. The number of carbonyl (C=O) groups excluding carboxylic acids is 1. The van der Waals surface area contributed by atoms with Crippen molar-refractivity contribution in [2.45, 2.75) is 25.8 Å². The molecule has 0 aliphatic carbocycles. The van der Waals surface area contributed by atoms with E-state index in [0.717, 1.165) is 30.6 Å². The normalized spacial score (nSPS) is 22.7. The Bertz CT molecular complexity index is 473. The number of likely N-dealkylation sites (tertiary alicyclic amines) is 1. The Kier molecular flexibility index (Phi) is 4.65. The third-order valence-corrected chi connectivity index (χ3v) is 4.12. The lowest BCUT2D eigenvalue weighted by atomic mass is 9.92. The summed E-state index contributed by atoms with van der Waals surface area (Å²) in [6, 6.07) is 7.96. The standard InChI is InChI=1S/C16H25N3O/c1-12-7-8-19(15(9-12)11-17)16(20)13-5-4-6-14(10-13)18(2)3/h4-6,10,12,15H,7-9,11,17H2,1-3H3. The Morgan fingerprint density at radius 1 is 1.45 bits per heavy atom. The average Bonchev–Trinajstić information content (AvgIpc) is 2.46. The van der Waals surface area contributed by atoms with E-state index in [1.807, 2.05) is 48.2 Å². The lowest BCUT2D eigenvalue weighted by Crippen LogP contribution is -2.49. The molecule has 0 radical (unpaired) electrons. The van der Waals surface area contributed by atoms with Crippen molar-refractivity contribution in [3.05, 3.63) is 29.8 Å². The number of piperidine rings is 1. The maximum absolute atomic E-state index is 12.7. The van der Waals surface area contributed by atoms with Gasteiger partial charge < -0.3 is 15.5 Å². The molecular formula is C16H25N3O. The van der Waals surface area contributed by atoms with Crippen LogP contribution in [0.1, 0.15) is 30.1 Å². The second-order valence-corrected chi connectivity index (χ2v) is 5.96. The number of amides is 1. The first-order valence-corrected chi connectivity index (χ1v) is 7.31. The van der Waals surface area contributed by atoms with Crippen LogP contribution in [0, 0.1) is 5.92 Å². The second-order valence-electron chi connectivity index (χ2n) is 5.96. The van der Waals surface area contributed by atoms with Crippen molar-refractivity contribution in [2.75, 3.05) is 32.1 Å². The van der Waals surface area contributed by atoms with Gasteiger partial charge in [0.1, 0.15) is 0 Å². The monoisotopic (exact) mass is 275 g/mol. The highest BCUT2D eigenvalue weighted by Gasteiger charge is 2.29. The van der Waals surface area contributed by atoms with E-state index in [1.54, 1.807) is 0 Å². The maximum atomic E-state index is 12.7. The zero-order chi connectivity index (χ0) is 14.7. The summed E-state index contributed by atoms with van der Waals surface area (Å²) in [4.78, 5) is 16.7. The van der Waals surface area contributed by atoms with Gasteiger partial charge >= 0.3 is 0 Å². The summed E-state index contributed by atoms with van der Waals surface area (Å²) >= 11 is 0. The molecule has 4 heteroatoms. The SMILES string of the molecule is CC1CCN(C(=O)c2cccc(N(C)C)c2)C(CN)C1. The van der Waals surface area contributed by atoms with Crippen LogP contribution in [-0.4, -0.2) is 44.0 Å². The topological polar surface area (TPSA) is 49.6 Å². The fourth-order valence-electron chi connectivity index (χ4n) is 2.83. The van der Waals surface area contributed by atoms with Crippen molar-refractivity contribution in [3.8, 4) is 0 Å². The van der Waals surface area contributed by atoms with Gasteiger partial charge in [0.2, 0.25) is 0 Å². The summed E-state index contributed by atoms with van der Waals surface area (Å²) in [6.45, 7) is 3.59. The quantitative estimate of drug-likeness (QED) is 0.917. The number of nitrogens with zero attached hydrogens (tertiary/aromatic N) is 2. The molecule has 2 atom stereocenters. The van der Waals surface area contributed by atoms with Gasteiger partial charge in [-0.1, -0.05) is 13.0 Å². The molecule has 1 aromatic rings. The molecule has 0 spiro atoms. The van der Waals surface area contributed by atoms with Crippen molar-refractivity contribution in [3.63, 3.8) is 0 Å². The van der Waals surface area contributed by atoms with Crippen molar-refractivity contribution >= 4 is 11.6 Å². The minimum Gasteiger partial charge on any atom is -0.378 e. The highest BCUT2D eigenvalue weighted by Crippen LogP contribution is 2.24. The average molecular weight is 275 g/mol. The van der Waals surface area contributed by atoms with Gasteiger partial charge in [-0.25, -0.2) is 0 Å². The molecule has 1 heterocycles. The van der Waals surface area contributed by atoms with Crippen molar-refractivity contribution < 1.29 is 4.79 Å². The maximum Gasteiger partial charge on any atom is 0.254 e. The summed E-state index contributed by atoms with van der Waals surface area (Å²) in [7, 11) is 3.96. The summed E-state index contributed by atoms with van der Waals surface area (Å²) in [5.74, 6) is 0.761. The van der Waals surface area contributed by atoms with E-state index < -0.39 is 0 Å². The minimum absolute atomic E-state index is 0.107. The summed E-state index contributed by atoms with van der Waals surface area (Å²) in [5, 5.41) is 0. The van der Waals surface area contributed by atoms with Crippen molar-refractivity contribution in [2.24, 2.45) is 11.7 Å². The summed E-state index contributed by atoms with van der Waals surface area (Å²) in [5.41, 5.74) is 7.65. The number of benzene rings is 1. The van der Waals surface area contributed by atoms with E-state index in [2.05, 4.69) is 6.92 Å². The van der Waals surface area contributed by atoms with Crippen LogP contribution in [0.15, 0.2) is 24.3 Å². The molecule has 20 heavy (non-hydrogen) atoms. The molecular weight excluding hydrogens is 250 g/mol. The van der Waals surface area contributed by atoms with E-state index in [1.165, 1.54) is 0 Å². The number of anilines is 1. The second kappa shape index (κ2) is 6.27. The van der Waals surface area contributed by atoms with Gasteiger partial charge in [0.15, 0.2) is 0 Å². The molecule has 110 valence electrons. The summed E-state index contributed by atoms with van der Waals surface area (Å²) < 4.78 is 0. The van der Waals surface area contributed by atoms with Gasteiger partial charge in [-0.05, 0) is 37.0 Å². The van der Waals surface area contributed by atoms with Gasteiger partial charge in [-0.15, -0.1) is 0 Å². The highest BCUT2D eigenvalue weighted by molar-refractivity contribution is 5.95. The van der Waals surface area contributed by atoms with Gasteiger partial charge in [0.05, 0.1) is 0 Å². The third kappa shape index (κ3) is 3.12.